The van der Waals surface area contributed by atoms with Crippen LogP contribution in [0.25, 0.3) is 5.57 Å². The molecule has 2 aromatic rings. The maximum atomic E-state index is 11.7. The lowest BCUT2D eigenvalue weighted by molar-refractivity contribution is -0.111. The van der Waals surface area contributed by atoms with Gasteiger partial charge in [-0.15, -0.1) is 0 Å². The third kappa shape index (κ3) is 3.70. The van der Waals surface area contributed by atoms with E-state index in [9.17, 15) is 4.79 Å². The van der Waals surface area contributed by atoms with E-state index in [4.69, 9.17) is 11.6 Å². The second kappa shape index (κ2) is 6.21. The van der Waals surface area contributed by atoms with Gasteiger partial charge in [-0.05, 0) is 36.8 Å². The first-order chi connectivity index (χ1) is 9.16. The lowest BCUT2D eigenvalue weighted by Gasteiger charge is -2.06. The van der Waals surface area contributed by atoms with Crippen molar-refractivity contribution in [1.29, 1.82) is 0 Å². The van der Waals surface area contributed by atoms with Crippen LogP contribution >= 0.6 is 11.6 Å². The predicted octanol–water partition coefficient (Wildman–Crippen LogP) is 4.38. The standard InChI is InChI=1S/C16H14ClNO/c1-12(19)16(13-5-3-2-4-6-13)11-18-15-9-7-14(17)8-10-15/h2-11,18H,1H3/b16-11+. The third-order valence-electron chi connectivity index (χ3n) is 2.69. The number of allylic oxidation sites excluding steroid dienone is 1. The average molecular weight is 272 g/mol. The van der Waals surface area contributed by atoms with Gasteiger partial charge in [-0.25, -0.2) is 0 Å². The molecule has 0 saturated heterocycles. The molecule has 0 atom stereocenters. The molecule has 0 aliphatic rings. The van der Waals surface area contributed by atoms with E-state index in [0.29, 0.717) is 10.6 Å². The first kappa shape index (κ1) is 13.4. The van der Waals surface area contributed by atoms with Crippen LogP contribution in [0.3, 0.4) is 0 Å². The Morgan fingerprint density at radius 1 is 1.05 bits per heavy atom. The lowest BCUT2D eigenvalue weighted by Crippen LogP contribution is -1.99. The normalized spacial score (nSPS) is 11.2. The number of carbonyl (C=O) groups excluding carboxylic acids is 1. The van der Waals surface area contributed by atoms with Gasteiger partial charge in [-0.2, -0.15) is 0 Å². The van der Waals surface area contributed by atoms with Gasteiger partial charge >= 0.3 is 0 Å². The fraction of sp³-hybridized carbons (Fsp3) is 0.0625. The van der Waals surface area contributed by atoms with Crippen molar-refractivity contribution in [3.63, 3.8) is 0 Å². The summed E-state index contributed by atoms with van der Waals surface area (Å²) in [4.78, 5) is 11.7. The number of ketones is 1. The second-order valence-electron chi connectivity index (χ2n) is 4.13. The number of benzene rings is 2. The van der Waals surface area contributed by atoms with Crippen molar-refractivity contribution < 1.29 is 4.79 Å². The van der Waals surface area contributed by atoms with Gasteiger partial charge in [0.2, 0.25) is 0 Å². The molecule has 1 N–H and O–H groups in total. The quantitative estimate of drug-likeness (QED) is 0.836. The van der Waals surface area contributed by atoms with Crippen molar-refractivity contribution in [2.75, 3.05) is 5.32 Å². The Hall–Kier alpha value is -2.06. The monoisotopic (exact) mass is 271 g/mol. The number of anilines is 1. The van der Waals surface area contributed by atoms with E-state index >= 15 is 0 Å². The number of rotatable bonds is 4. The Kier molecular flexibility index (Phi) is 4.37. The second-order valence-corrected chi connectivity index (χ2v) is 4.57. The summed E-state index contributed by atoms with van der Waals surface area (Å²) in [5.41, 5.74) is 2.44. The number of hydrogen-bond acceptors (Lipinski definition) is 2. The van der Waals surface area contributed by atoms with Crippen LogP contribution in [0.5, 0.6) is 0 Å². The molecule has 0 fully saturated rings. The highest BCUT2D eigenvalue weighted by atomic mass is 35.5. The molecule has 0 saturated carbocycles. The van der Waals surface area contributed by atoms with E-state index in [0.717, 1.165) is 11.3 Å². The fourth-order valence-electron chi connectivity index (χ4n) is 1.71. The summed E-state index contributed by atoms with van der Waals surface area (Å²) in [6.45, 7) is 1.56. The molecule has 0 heterocycles. The topological polar surface area (TPSA) is 29.1 Å². The van der Waals surface area contributed by atoms with Gasteiger partial charge in [0.25, 0.3) is 0 Å². The van der Waals surface area contributed by atoms with Crippen LogP contribution in [0.2, 0.25) is 5.02 Å². The number of carbonyl (C=O) groups is 1. The van der Waals surface area contributed by atoms with Crippen molar-refractivity contribution in [3.05, 3.63) is 71.4 Å². The molecule has 0 bridgehead atoms. The minimum absolute atomic E-state index is 0.0210. The minimum Gasteiger partial charge on any atom is -0.361 e. The molecule has 2 rings (SSSR count). The summed E-state index contributed by atoms with van der Waals surface area (Å²) < 4.78 is 0. The maximum Gasteiger partial charge on any atom is 0.161 e. The highest BCUT2D eigenvalue weighted by molar-refractivity contribution is 6.30. The Bertz CT molecular complexity index is 588. The molecule has 0 aliphatic heterocycles. The zero-order chi connectivity index (χ0) is 13.7. The van der Waals surface area contributed by atoms with E-state index in [2.05, 4.69) is 5.32 Å². The molecule has 0 aromatic heterocycles. The first-order valence-corrected chi connectivity index (χ1v) is 6.33. The van der Waals surface area contributed by atoms with E-state index in [-0.39, 0.29) is 5.78 Å². The molecule has 2 nitrogen and oxygen atoms in total. The molecule has 3 heteroatoms. The average Bonchev–Trinajstić information content (AvgIpc) is 2.42. The van der Waals surface area contributed by atoms with Gasteiger partial charge in [-0.3, -0.25) is 4.79 Å². The van der Waals surface area contributed by atoms with E-state index in [1.807, 2.05) is 42.5 Å². The largest absolute Gasteiger partial charge is 0.361 e. The molecule has 0 aliphatic carbocycles. The summed E-state index contributed by atoms with van der Waals surface area (Å²) in [6, 6.07) is 16.9. The predicted molar refractivity (Wildman–Crippen MR) is 80.2 cm³/mol. The zero-order valence-electron chi connectivity index (χ0n) is 10.6. The molecule has 0 amide bonds. The summed E-state index contributed by atoms with van der Waals surface area (Å²) in [7, 11) is 0. The Labute approximate surface area is 117 Å². The Balaban J connectivity index is 2.23. The molecular formula is C16H14ClNO. The summed E-state index contributed by atoms with van der Waals surface area (Å²) in [5.74, 6) is 0.0210. The molecule has 19 heavy (non-hydrogen) atoms. The highest BCUT2D eigenvalue weighted by Crippen LogP contribution is 2.17. The Morgan fingerprint density at radius 2 is 1.68 bits per heavy atom. The molecule has 96 valence electrons. The van der Waals surface area contributed by atoms with Crippen molar-refractivity contribution in [2.45, 2.75) is 6.92 Å². The van der Waals surface area contributed by atoms with Gasteiger partial charge in [0, 0.05) is 22.5 Å². The van der Waals surface area contributed by atoms with Crippen molar-refractivity contribution in [3.8, 4) is 0 Å². The van der Waals surface area contributed by atoms with Gasteiger partial charge in [0.1, 0.15) is 0 Å². The number of halogens is 1. The smallest absolute Gasteiger partial charge is 0.161 e. The Morgan fingerprint density at radius 3 is 2.26 bits per heavy atom. The van der Waals surface area contributed by atoms with Gasteiger partial charge < -0.3 is 5.32 Å². The van der Waals surface area contributed by atoms with Gasteiger partial charge in [-0.1, -0.05) is 41.9 Å². The lowest BCUT2D eigenvalue weighted by atomic mass is 10.0. The van der Waals surface area contributed by atoms with Gasteiger partial charge in [0.05, 0.1) is 0 Å². The van der Waals surface area contributed by atoms with E-state index in [1.165, 1.54) is 0 Å². The van der Waals surface area contributed by atoms with Crippen LogP contribution < -0.4 is 5.32 Å². The van der Waals surface area contributed by atoms with Crippen molar-refractivity contribution in [2.24, 2.45) is 0 Å². The summed E-state index contributed by atoms with van der Waals surface area (Å²) in [5, 5.41) is 3.79. The highest BCUT2D eigenvalue weighted by Gasteiger charge is 2.06. The van der Waals surface area contributed by atoms with Crippen molar-refractivity contribution >= 4 is 28.6 Å². The van der Waals surface area contributed by atoms with Crippen LogP contribution in [0.1, 0.15) is 12.5 Å². The molecule has 0 unspecified atom stereocenters. The molecule has 0 radical (unpaired) electrons. The minimum atomic E-state index is 0.0210. The molecule has 0 spiro atoms. The van der Waals surface area contributed by atoms with Crippen LogP contribution in [-0.2, 0) is 4.79 Å². The first-order valence-electron chi connectivity index (χ1n) is 5.95. The molecule has 2 aromatic carbocycles. The number of nitrogens with one attached hydrogen (secondary N) is 1. The third-order valence-corrected chi connectivity index (χ3v) is 2.94. The van der Waals surface area contributed by atoms with Gasteiger partial charge in [0.15, 0.2) is 5.78 Å². The van der Waals surface area contributed by atoms with E-state index < -0.39 is 0 Å². The fourth-order valence-corrected chi connectivity index (χ4v) is 1.83. The van der Waals surface area contributed by atoms with E-state index in [1.54, 1.807) is 25.3 Å². The number of Topliss-reactive ketones (excluding diaryl/α,β-unsaturated/α-hetero) is 1. The SMILES string of the molecule is CC(=O)/C(=C\Nc1ccc(Cl)cc1)c1ccccc1. The summed E-state index contributed by atoms with van der Waals surface area (Å²) >= 11 is 5.82. The number of hydrogen-bond donors (Lipinski definition) is 1. The van der Waals surface area contributed by atoms with Crippen LogP contribution in [0.15, 0.2) is 60.8 Å². The maximum absolute atomic E-state index is 11.7. The zero-order valence-corrected chi connectivity index (χ0v) is 11.3. The van der Waals surface area contributed by atoms with Crippen molar-refractivity contribution in [1.82, 2.24) is 0 Å². The van der Waals surface area contributed by atoms with Crippen LogP contribution in [0.4, 0.5) is 5.69 Å². The van der Waals surface area contributed by atoms with Crippen LogP contribution in [0, 0.1) is 0 Å². The summed E-state index contributed by atoms with van der Waals surface area (Å²) in [6.07, 6.45) is 1.72. The van der Waals surface area contributed by atoms with Crippen LogP contribution in [-0.4, -0.2) is 5.78 Å². The molecular weight excluding hydrogens is 258 g/mol.